The van der Waals surface area contributed by atoms with E-state index < -0.39 is 0 Å². The van der Waals surface area contributed by atoms with Gasteiger partial charge >= 0.3 is 0 Å². The maximum atomic E-state index is 5.97. The maximum Gasteiger partial charge on any atom is 0.152 e. The van der Waals surface area contributed by atoms with Crippen LogP contribution in [0.4, 0.5) is 5.82 Å². The average molecular weight is 292 g/mol. The number of anilines is 1. The summed E-state index contributed by atoms with van der Waals surface area (Å²) in [7, 11) is 3.99. The predicted octanol–water partition coefficient (Wildman–Crippen LogP) is 1.09. The fourth-order valence-corrected chi connectivity index (χ4v) is 3.13. The van der Waals surface area contributed by atoms with Crippen molar-refractivity contribution < 1.29 is 9.47 Å². The van der Waals surface area contributed by atoms with Crippen molar-refractivity contribution in [1.29, 1.82) is 0 Å². The van der Waals surface area contributed by atoms with Crippen molar-refractivity contribution in [2.45, 2.75) is 25.0 Å². The number of morpholine rings is 1. The van der Waals surface area contributed by atoms with E-state index in [0.29, 0.717) is 6.04 Å². The fraction of sp³-hybridized carbons (Fsp3) is 0.733. The predicted molar refractivity (Wildman–Crippen MR) is 80.5 cm³/mol. The molecule has 1 aromatic heterocycles. The summed E-state index contributed by atoms with van der Waals surface area (Å²) in [5.74, 6) is 0.899. The largest absolute Gasteiger partial charge is 0.381 e. The molecule has 21 heavy (non-hydrogen) atoms. The number of rotatable bonds is 3. The minimum atomic E-state index is 0.00712. The van der Waals surface area contributed by atoms with E-state index in [0.717, 1.165) is 57.3 Å². The van der Waals surface area contributed by atoms with Gasteiger partial charge in [0.1, 0.15) is 11.8 Å². The van der Waals surface area contributed by atoms with Crippen LogP contribution in [0.1, 0.15) is 24.6 Å². The van der Waals surface area contributed by atoms with E-state index in [1.165, 1.54) is 0 Å². The minimum absolute atomic E-state index is 0.00712. The fourth-order valence-electron chi connectivity index (χ4n) is 3.13. The number of hydrogen-bond acceptors (Lipinski definition) is 6. The molecule has 0 amide bonds. The smallest absolute Gasteiger partial charge is 0.152 e. The third-order valence-corrected chi connectivity index (χ3v) is 4.24. The van der Waals surface area contributed by atoms with Crippen LogP contribution in [-0.4, -0.2) is 67.9 Å². The first-order valence-electron chi connectivity index (χ1n) is 7.67. The van der Waals surface area contributed by atoms with Crippen molar-refractivity contribution >= 4 is 5.82 Å². The first kappa shape index (κ1) is 14.7. The van der Waals surface area contributed by atoms with Crippen LogP contribution < -0.4 is 4.90 Å². The Labute approximate surface area is 126 Å². The van der Waals surface area contributed by atoms with E-state index >= 15 is 0 Å². The molecule has 0 spiro atoms. The third-order valence-electron chi connectivity index (χ3n) is 4.24. The highest BCUT2D eigenvalue weighted by molar-refractivity contribution is 5.42. The van der Waals surface area contributed by atoms with Crippen LogP contribution in [0.3, 0.4) is 0 Å². The molecule has 3 heterocycles. The van der Waals surface area contributed by atoms with Crippen molar-refractivity contribution in [3.63, 3.8) is 0 Å². The van der Waals surface area contributed by atoms with E-state index in [2.05, 4.69) is 14.9 Å². The summed E-state index contributed by atoms with van der Waals surface area (Å²) in [6.07, 6.45) is 5.73. The van der Waals surface area contributed by atoms with Crippen LogP contribution in [0.25, 0.3) is 0 Å². The molecule has 0 radical (unpaired) electrons. The second-order valence-electron chi connectivity index (χ2n) is 5.86. The van der Waals surface area contributed by atoms with Gasteiger partial charge in [0.05, 0.1) is 6.61 Å². The van der Waals surface area contributed by atoms with E-state index in [9.17, 15) is 0 Å². The van der Waals surface area contributed by atoms with Gasteiger partial charge in [-0.05, 0) is 12.8 Å². The molecule has 1 atom stereocenters. The molecule has 0 bridgehead atoms. The van der Waals surface area contributed by atoms with Crippen LogP contribution in [0.5, 0.6) is 0 Å². The summed E-state index contributed by atoms with van der Waals surface area (Å²) in [4.78, 5) is 13.5. The lowest BCUT2D eigenvalue weighted by Crippen LogP contribution is -2.47. The van der Waals surface area contributed by atoms with Gasteiger partial charge in [-0.2, -0.15) is 0 Å². The molecule has 2 saturated heterocycles. The van der Waals surface area contributed by atoms with Crippen molar-refractivity contribution in [3.8, 4) is 0 Å². The highest BCUT2D eigenvalue weighted by Gasteiger charge is 2.30. The van der Waals surface area contributed by atoms with E-state index in [1.54, 1.807) is 12.4 Å². The van der Waals surface area contributed by atoms with E-state index in [1.807, 2.05) is 19.0 Å². The van der Waals surface area contributed by atoms with Gasteiger partial charge in [-0.25, -0.2) is 4.98 Å². The number of ether oxygens (including phenoxy) is 2. The molecule has 2 aliphatic heterocycles. The van der Waals surface area contributed by atoms with Gasteiger partial charge in [0.25, 0.3) is 0 Å². The van der Waals surface area contributed by atoms with Gasteiger partial charge in [-0.1, -0.05) is 0 Å². The van der Waals surface area contributed by atoms with Crippen molar-refractivity contribution in [2.75, 3.05) is 51.9 Å². The van der Waals surface area contributed by atoms with Gasteiger partial charge in [0, 0.05) is 58.8 Å². The summed E-state index contributed by atoms with van der Waals surface area (Å²) in [5.41, 5.74) is 0.944. The lowest BCUT2D eigenvalue weighted by molar-refractivity contribution is -0.0646. The molecule has 0 aromatic carbocycles. The first-order chi connectivity index (χ1) is 10.3. The Morgan fingerprint density at radius 1 is 1.14 bits per heavy atom. The number of aromatic nitrogens is 2. The summed E-state index contributed by atoms with van der Waals surface area (Å²) < 4.78 is 11.4. The standard InChI is InChI=1S/C15H24N4O2/c1-18(2)15-14(16-5-6-17-15)13-11-19(7-10-21-13)12-3-8-20-9-4-12/h5-6,12-13H,3-4,7-11H2,1-2H3/t13-/m1/s1. The summed E-state index contributed by atoms with van der Waals surface area (Å²) >= 11 is 0. The molecule has 0 aliphatic carbocycles. The SMILES string of the molecule is CN(C)c1nccnc1[C@H]1CN(C2CCOCC2)CCO1. The van der Waals surface area contributed by atoms with Crippen molar-refractivity contribution in [1.82, 2.24) is 14.9 Å². The Hall–Kier alpha value is -1.24. The Kier molecular flexibility index (Phi) is 4.67. The molecule has 3 rings (SSSR count). The van der Waals surface area contributed by atoms with Gasteiger partial charge < -0.3 is 14.4 Å². The normalized spacial score (nSPS) is 25.0. The first-order valence-corrected chi connectivity index (χ1v) is 7.67. The van der Waals surface area contributed by atoms with Crippen LogP contribution >= 0.6 is 0 Å². The summed E-state index contributed by atoms with van der Waals surface area (Å²) in [6.45, 7) is 4.40. The molecular weight excluding hydrogens is 268 g/mol. The summed E-state index contributed by atoms with van der Waals surface area (Å²) in [6, 6.07) is 0.615. The molecule has 2 fully saturated rings. The van der Waals surface area contributed by atoms with Crippen molar-refractivity contribution in [2.24, 2.45) is 0 Å². The molecule has 0 unspecified atom stereocenters. The number of hydrogen-bond donors (Lipinski definition) is 0. The van der Waals surface area contributed by atoms with Gasteiger partial charge in [0.15, 0.2) is 5.82 Å². The molecule has 116 valence electrons. The zero-order chi connectivity index (χ0) is 14.7. The Morgan fingerprint density at radius 2 is 1.90 bits per heavy atom. The van der Waals surface area contributed by atoms with Crippen molar-refractivity contribution in [3.05, 3.63) is 18.1 Å². The quantitative estimate of drug-likeness (QED) is 0.831. The van der Waals surface area contributed by atoms with Gasteiger partial charge in [0.2, 0.25) is 0 Å². The maximum absolute atomic E-state index is 5.97. The zero-order valence-electron chi connectivity index (χ0n) is 12.9. The van der Waals surface area contributed by atoms with E-state index in [4.69, 9.17) is 9.47 Å². The van der Waals surface area contributed by atoms with Crippen LogP contribution in [0.2, 0.25) is 0 Å². The molecule has 1 aromatic rings. The molecule has 6 nitrogen and oxygen atoms in total. The zero-order valence-corrected chi connectivity index (χ0v) is 12.9. The third kappa shape index (κ3) is 3.33. The Balaban J connectivity index is 1.73. The lowest BCUT2D eigenvalue weighted by Gasteiger charge is -2.40. The molecule has 0 saturated carbocycles. The van der Waals surface area contributed by atoms with E-state index in [-0.39, 0.29) is 6.10 Å². The Morgan fingerprint density at radius 3 is 2.67 bits per heavy atom. The van der Waals surface area contributed by atoms with Gasteiger partial charge in [-0.15, -0.1) is 0 Å². The highest BCUT2D eigenvalue weighted by Crippen LogP contribution is 2.28. The summed E-state index contributed by atoms with van der Waals surface area (Å²) in [5, 5.41) is 0. The van der Waals surface area contributed by atoms with Crippen LogP contribution in [0.15, 0.2) is 12.4 Å². The number of nitrogens with zero attached hydrogens (tertiary/aromatic N) is 4. The van der Waals surface area contributed by atoms with Gasteiger partial charge in [-0.3, -0.25) is 9.88 Å². The lowest BCUT2D eigenvalue weighted by atomic mass is 10.0. The molecular formula is C15H24N4O2. The highest BCUT2D eigenvalue weighted by atomic mass is 16.5. The molecule has 0 N–H and O–H groups in total. The second kappa shape index (κ2) is 6.68. The van der Waals surface area contributed by atoms with Crippen LogP contribution in [-0.2, 0) is 9.47 Å². The molecule has 6 heteroatoms. The minimum Gasteiger partial charge on any atom is -0.381 e. The average Bonchev–Trinajstić information content (AvgIpc) is 2.56. The topological polar surface area (TPSA) is 50.7 Å². The van der Waals surface area contributed by atoms with Crippen LogP contribution in [0, 0.1) is 0 Å². The second-order valence-corrected chi connectivity index (χ2v) is 5.86. The monoisotopic (exact) mass is 292 g/mol. The molecule has 2 aliphatic rings. The Bertz CT molecular complexity index is 463.